The van der Waals surface area contributed by atoms with Crippen LogP contribution in [0.4, 0.5) is 14.7 Å². The number of fused-ring (bicyclic) bond motifs is 1. The Morgan fingerprint density at radius 1 is 1.24 bits per heavy atom. The number of aliphatic hydroxyl groups excluding tert-OH is 1. The highest BCUT2D eigenvalue weighted by Gasteiger charge is 2.58. The molecule has 0 amide bonds. The van der Waals surface area contributed by atoms with Crippen molar-refractivity contribution in [1.82, 2.24) is 19.5 Å². The van der Waals surface area contributed by atoms with E-state index >= 15 is 4.39 Å². The number of phosphoric ester groups is 1. The molecule has 1 saturated heterocycles. The third kappa shape index (κ3) is 5.71. The summed E-state index contributed by atoms with van der Waals surface area (Å²) in [5, 5.41) is 9.90. The van der Waals surface area contributed by atoms with Gasteiger partial charge in [0.15, 0.2) is 29.7 Å². The number of anilines is 1. The maximum Gasteiger partial charge on any atom is 0.490 e. The van der Waals surface area contributed by atoms with E-state index in [9.17, 15) is 32.9 Å². The van der Waals surface area contributed by atoms with Crippen molar-refractivity contribution in [2.75, 3.05) is 12.3 Å². The molecule has 0 radical (unpaired) electrons. The lowest BCUT2D eigenvalue weighted by molar-refractivity contribution is -0.203. The Labute approximate surface area is 179 Å². The molecule has 1 aliphatic rings. The summed E-state index contributed by atoms with van der Waals surface area (Å²) < 4.78 is 79.6. The van der Waals surface area contributed by atoms with E-state index in [2.05, 4.69) is 28.1 Å². The van der Waals surface area contributed by atoms with Gasteiger partial charge >= 0.3 is 23.5 Å². The standard InChI is InChI=1S/C10H14F2N5O13P3/c11-3-5(18)10(12,1-27-32(23,24)30-33(25,26)29-31(20,21)22)28-8(3)17-2-14-4-6(17)15-9(13)16-7(4)19/h2-3,5,8,18H,1H2,(H,23,24)(H,25,26)(H2,20,21,22)(H3,13,15,16,19)/t3-,5+,8?,10-/m1/s1. The number of aromatic nitrogens is 4. The smallest absolute Gasteiger partial charge is 0.384 e. The molecule has 2 aromatic rings. The van der Waals surface area contributed by atoms with Gasteiger partial charge in [-0.2, -0.15) is 13.6 Å². The van der Waals surface area contributed by atoms with E-state index in [4.69, 9.17) is 25.2 Å². The molecule has 0 saturated carbocycles. The number of ether oxygens (including phenoxy) is 1. The number of phosphoric acid groups is 3. The minimum atomic E-state index is -5.90. The molecule has 0 aliphatic carbocycles. The average Bonchev–Trinajstić information content (AvgIpc) is 3.12. The van der Waals surface area contributed by atoms with Gasteiger partial charge in [0.05, 0.1) is 6.33 Å². The van der Waals surface area contributed by atoms with Crippen LogP contribution in [0.3, 0.4) is 0 Å². The third-order valence-electron chi connectivity index (χ3n) is 3.90. The van der Waals surface area contributed by atoms with Gasteiger partial charge in [-0.25, -0.2) is 27.5 Å². The number of halogens is 2. The summed E-state index contributed by atoms with van der Waals surface area (Å²) in [5.74, 6) is -4.00. The van der Waals surface area contributed by atoms with E-state index in [0.29, 0.717) is 4.57 Å². The predicted octanol–water partition coefficient (Wildman–Crippen LogP) is -1.06. The fraction of sp³-hybridized carbons (Fsp3) is 0.500. The molecular weight excluding hydrogens is 529 g/mol. The number of H-pyrrole nitrogens is 1. The van der Waals surface area contributed by atoms with Crippen molar-refractivity contribution in [3.05, 3.63) is 16.7 Å². The second-order valence-electron chi connectivity index (χ2n) is 6.32. The van der Waals surface area contributed by atoms with E-state index < -0.39 is 65.9 Å². The molecule has 1 aliphatic heterocycles. The Hall–Kier alpha value is -1.66. The number of nitrogens with two attached hydrogens (primary N) is 1. The normalized spacial score (nSPS) is 29.7. The maximum atomic E-state index is 15.0. The fourth-order valence-electron chi connectivity index (χ4n) is 2.66. The summed E-state index contributed by atoms with van der Waals surface area (Å²) >= 11 is 0. The van der Waals surface area contributed by atoms with Gasteiger partial charge in [-0.15, -0.1) is 0 Å². The van der Waals surface area contributed by atoms with Gasteiger partial charge in [0.25, 0.3) is 11.4 Å². The van der Waals surface area contributed by atoms with Gasteiger partial charge in [0.1, 0.15) is 6.61 Å². The molecule has 2 aromatic heterocycles. The first-order valence-electron chi connectivity index (χ1n) is 8.13. The molecule has 3 unspecified atom stereocenters. The van der Waals surface area contributed by atoms with E-state index in [-0.39, 0.29) is 11.2 Å². The largest absolute Gasteiger partial charge is 0.490 e. The van der Waals surface area contributed by atoms with Crippen LogP contribution < -0.4 is 11.3 Å². The number of alkyl halides is 2. The molecule has 23 heteroatoms. The van der Waals surface area contributed by atoms with Gasteiger partial charge in [-0.1, -0.05) is 0 Å². The number of rotatable bonds is 8. The highest BCUT2D eigenvalue weighted by Crippen LogP contribution is 2.66. The van der Waals surface area contributed by atoms with Crippen LogP contribution in [0.2, 0.25) is 0 Å². The lowest BCUT2D eigenvalue weighted by atomic mass is 10.1. The zero-order valence-corrected chi connectivity index (χ0v) is 18.2. The molecule has 186 valence electrons. The van der Waals surface area contributed by atoms with Crippen molar-refractivity contribution in [1.29, 1.82) is 0 Å². The van der Waals surface area contributed by atoms with Gasteiger partial charge < -0.3 is 35.2 Å². The molecule has 0 spiro atoms. The minimum Gasteiger partial charge on any atom is -0.384 e. The Bertz CT molecular complexity index is 1270. The molecule has 6 atom stereocenters. The van der Waals surface area contributed by atoms with Crippen LogP contribution in [-0.2, 0) is 31.6 Å². The van der Waals surface area contributed by atoms with Crippen molar-refractivity contribution in [2.45, 2.75) is 24.4 Å². The summed E-state index contributed by atoms with van der Waals surface area (Å²) in [5.41, 5.74) is 3.85. The zero-order valence-electron chi connectivity index (χ0n) is 15.5. The van der Waals surface area contributed by atoms with Crippen molar-refractivity contribution in [2.24, 2.45) is 0 Å². The second-order valence-corrected chi connectivity index (χ2v) is 10.7. The predicted molar refractivity (Wildman–Crippen MR) is 97.2 cm³/mol. The van der Waals surface area contributed by atoms with Gasteiger partial charge in [0.2, 0.25) is 5.95 Å². The Morgan fingerprint density at radius 2 is 1.88 bits per heavy atom. The Balaban J connectivity index is 1.79. The summed E-state index contributed by atoms with van der Waals surface area (Å²) in [6.45, 7) is -1.79. The topological polar surface area (TPSA) is 279 Å². The molecule has 8 N–H and O–H groups in total. The second kappa shape index (κ2) is 8.53. The Morgan fingerprint density at radius 3 is 2.48 bits per heavy atom. The third-order valence-corrected chi connectivity index (χ3v) is 7.68. The molecule has 3 heterocycles. The Kier molecular flexibility index (Phi) is 6.71. The molecular formula is C10H14F2N5O13P3. The molecule has 33 heavy (non-hydrogen) atoms. The van der Waals surface area contributed by atoms with Gasteiger partial charge in [-0.3, -0.25) is 18.9 Å². The number of nitrogens with one attached hydrogen (secondary N) is 1. The first-order chi connectivity index (χ1) is 14.9. The summed E-state index contributed by atoms with van der Waals surface area (Å²) in [6.07, 6.45) is -6.52. The number of nitrogens with zero attached hydrogens (tertiary/aromatic N) is 3. The number of imidazole rings is 1. The fourth-order valence-corrected chi connectivity index (χ4v) is 5.69. The molecule has 0 aromatic carbocycles. The molecule has 18 nitrogen and oxygen atoms in total. The monoisotopic (exact) mass is 543 g/mol. The summed E-state index contributed by atoms with van der Waals surface area (Å²) in [6, 6.07) is 0. The number of hydrogen-bond acceptors (Lipinski definition) is 12. The van der Waals surface area contributed by atoms with E-state index in [1.54, 1.807) is 0 Å². The summed E-state index contributed by atoms with van der Waals surface area (Å²) in [7, 11) is -17.4. The van der Waals surface area contributed by atoms with Crippen LogP contribution in [-0.4, -0.2) is 68.9 Å². The lowest BCUT2D eigenvalue weighted by Crippen LogP contribution is -2.41. The van der Waals surface area contributed by atoms with E-state index in [1.807, 2.05) is 0 Å². The first kappa shape index (κ1) is 26.0. The van der Waals surface area contributed by atoms with Crippen LogP contribution in [0.15, 0.2) is 11.1 Å². The van der Waals surface area contributed by atoms with Crippen LogP contribution in [0.5, 0.6) is 0 Å². The minimum absolute atomic E-state index is 0.348. The number of hydrogen-bond donors (Lipinski definition) is 7. The quantitative estimate of drug-likeness (QED) is 0.195. The summed E-state index contributed by atoms with van der Waals surface area (Å²) in [4.78, 5) is 56.6. The number of aliphatic hydroxyl groups is 1. The molecule has 1 fully saturated rings. The van der Waals surface area contributed by atoms with Crippen LogP contribution in [0.1, 0.15) is 6.23 Å². The van der Waals surface area contributed by atoms with Crippen LogP contribution in [0.25, 0.3) is 11.2 Å². The maximum absolute atomic E-state index is 15.0. The zero-order chi connectivity index (χ0) is 25.0. The van der Waals surface area contributed by atoms with Crippen LogP contribution in [0, 0.1) is 0 Å². The average molecular weight is 543 g/mol. The number of nitrogen functional groups attached to an aromatic ring is 1. The number of aromatic amines is 1. The highest BCUT2D eigenvalue weighted by atomic mass is 31.3. The van der Waals surface area contributed by atoms with Crippen molar-refractivity contribution in [3.8, 4) is 0 Å². The van der Waals surface area contributed by atoms with Gasteiger partial charge in [0, 0.05) is 0 Å². The molecule has 0 bridgehead atoms. The van der Waals surface area contributed by atoms with E-state index in [0.717, 1.165) is 6.33 Å². The lowest BCUT2D eigenvalue weighted by Gasteiger charge is -2.24. The molecule has 3 rings (SSSR count). The van der Waals surface area contributed by atoms with Gasteiger partial charge in [-0.05, 0) is 0 Å². The SMILES string of the molecule is Nc1nc2c(ncn2C2O[C@](F)(COP(=O)(O)OP(=O)(O)OP(=O)(O)O)[C@@H](O)[C@H]2F)c(=O)[nH]1. The van der Waals surface area contributed by atoms with E-state index in [1.165, 1.54) is 0 Å². The van der Waals surface area contributed by atoms with Crippen molar-refractivity contribution in [3.63, 3.8) is 0 Å². The van der Waals surface area contributed by atoms with Crippen molar-refractivity contribution < 1.29 is 65.0 Å². The highest BCUT2D eigenvalue weighted by molar-refractivity contribution is 7.66. The first-order valence-corrected chi connectivity index (χ1v) is 12.6. The van der Waals surface area contributed by atoms with Crippen LogP contribution >= 0.6 is 23.5 Å². The van der Waals surface area contributed by atoms with Crippen molar-refractivity contribution >= 4 is 40.6 Å².